The second-order valence-electron chi connectivity index (χ2n) is 4.57. The van der Waals surface area contributed by atoms with E-state index >= 15 is 0 Å². The molecule has 3 N–H and O–H groups in total. The van der Waals surface area contributed by atoms with Crippen LogP contribution in [0.15, 0.2) is 0 Å². The molecule has 0 fully saturated rings. The van der Waals surface area contributed by atoms with E-state index in [0.717, 1.165) is 6.54 Å². The molecule has 0 saturated carbocycles. The minimum Gasteiger partial charge on any atom is -0.480 e. The molecule has 13 heavy (non-hydrogen) atoms. The molecule has 1 unspecified atom stereocenters. The molecule has 78 valence electrons. The fourth-order valence-electron chi connectivity index (χ4n) is 1.33. The Labute approximate surface area is 79.7 Å². The maximum atomic E-state index is 10.7. The summed E-state index contributed by atoms with van der Waals surface area (Å²) in [6.07, 6.45) is 0. The summed E-state index contributed by atoms with van der Waals surface area (Å²) in [6, 6.07) is -0.570. The van der Waals surface area contributed by atoms with E-state index in [1.807, 2.05) is 0 Å². The summed E-state index contributed by atoms with van der Waals surface area (Å²) in [5, 5.41) is 8.82. The molecule has 0 aromatic rings. The van der Waals surface area contributed by atoms with Crippen molar-refractivity contribution >= 4 is 5.97 Å². The highest BCUT2D eigenvalue weighted by molar-refractivity contribution is 5.73. The molecule has 0 heterocycles. The first-order chi connectivity index (χ1) is 5.78. The van der Waals surface area contributed by atoms with Crippen molar-refractivity contribution in [3.63, 3.8) is 0 Å². The Balaban J connectivity index is 4.22. The van der Waals surface area contributed by atoms with Gasteiger partial charge in [0.05, 0.1) is 0 Å². The lowest BCUT2D eigenvalue weighted by Gasteiger charge is -2.30. The van der Waals surface area contributed by atoms with E-state index < -0.39 is 12.0 Å². The summed E-state index contributed by atoms with van der Waals surface area (Å²) >= 11 is 0. The van der Waals surface area contributed by atoms with E-state index in [-0.39, 0.29) is 12.0 Å². The zero-order chi connectivity index (χ0) is 10.6. The number of nitrogens with zero attached hydrogens (tertiary/aromatic N) is 1. The Hall–Kier alpha value is -0.610. The maximum absolute atomic E-state index is 10.7. The van der Waals surface area contributed by atoms with Crippen LogP contribution in [0.1, 0.15) is 20.8 Å². The van der Waals surface area contributed by atoms with Crippen molar-refractivity contribution in [1.82, 2.24) is 4.90 Å². The second-order valence-corrected chi connectivity index (χ2v) is 4.57. The lowest BCUT2D eigenvalue weighted by Crippen LogP contribution is -2.46. The van der Waals surface area contributed by atoms with Crippen molar-refractivity contribution in [3.8, 4) is 0 Å². The summed E-state index contributed by atoms with van der Waals surface area (Å²) in [6.45, 7) is 7.08. The Morgan fingerprint density at radius 2 is 2.00 bits per heavy atom. The van der Waals surface area contributed by atoms with Crippen molar-refractivity contribution < 1.29 is 9.90 Å². The predicted molar refractivity (Wildman–Crippen MR) is 52.6 cm³/mol. The van der Waals surface area contributed by atoms with Gasteiger partial charge in [0.15, 0.2) is 0 Å². The number of rotatable bonds is 4. The lowest BCUT2D eigenvalue weighted by atomic mass is 9.95. The van der Waals surface area contributed by atoms with Gasteiger partial charge in [0.1, 0.15) is 6.04 Å². The molecule has 4 heteroatoms. The zero-order valence-electron chi connectivity index (χ0n) is 8.87. The molecule has 0 saturated heterocycles. The van der Waals surface area contributed by atoms with Crippen LogP contribution in [0, 0.1) is 5.41 Å². The maximum Gasteiger partial charge on any atom is 0.322 e. The quantitative estimate of drug-likeness (QED) is 0.669. The van der Waals surface area contributed by atoms with Crippen molar-refractivity contribution in [2.75, 3.05) is 20.1 Å². The van der Waals surface area contributed by atoms with E-state index in [0.29, 0.717) is 0 Å². The number of likely N-dealkylation sites (N-methyl/N-ethyl adjacent to an activating group) is 1. The number of hydrogen-bond donors (Lipinski definition) is 2. The third-order valence-corrected chi connectivity index (χ3v) is 1.76. The van der Waals surface area contributed by atoms with Crippen molar-refractivity contribution in [1.29, 1.82) is 0 Å². The largest absolute Gasteiger partial charge is 0.480 e. The third kappa shape index (κ3) is 4.85. The summed E-state index contributed by atoms with van der Waals surface area (Å²) in [5.41, 5.74) is 5.47. The minimum absolute atomic E-state index is 0.0949. The van der Waals surface area contributed by atoms with Gasteiger partial charge < -0.3 is 10.8 Å². The number of carboxylic acid groups (broad SMARTS) is 1. The molecule has 0 rings (SSSR count). The topological polar surface area (TPSA) is 66.6 Å². The fraction of sp³-hybridized carbons (Fsp3) is 0.889. The molecule has 0 aliphatic rings. The van der Waals surface area contributed by atoms with Gasteiger partial charge in [0.2, 0.25) is 0 Å². The summed E-state index contributed by atoms with van der Waals surface area (Å²) < 4.78 is 0. The van der Waals surface area contributed by atoms with Gasteiger partial charge in [0, 0.05) is 13.1 Å². The van der Waals surface area contributed by atoms with Crippen molar-refractivity contribution in [2.45, 2.75) is 26.8 Å². The normalized spacial score (nSPS) is 14.6. The Kier molecular flexibility index (Phi) is 4.36. The van der Waals surface area contributed by atoms with E-state index in [4.69, 9.17) is 10.8 Å². The first-order valence-electron chi connectivity index (χ1n) is 4.41. The molecular weight excluding hydrogens is 168 g/mol. The summed E-state index contributed by atoms with van der Waals surface area (Å²) in [5.74, 6) is -0.853. The standard InChI is InChI=1S/C9H20N2O2/c1-9(2,3)6-11(4)7(5-10)8(12)13/h7H,5-6,10H2,1-4H3,(H,12,13). The highest BCUT2D eigenvalue weighted by Gasteiger charge is 2.24. The zero-order valence-corrected chi connectivity index (χ0v) is 8.87. The molecular formula is C9H20N2O2. The molecule has 1 atom stereocenters. The lowest BCUT2D eigenvalue weighted by molar-refractivity contribution is -0.142. The van der Waals surface area contributed by atoms with Gasteiger partial charge >= 0.3 is 5.97 Å². The molecule has 4 nitrogen and oxygen atoms in total. The van der Waals surface area contributed by atoms with Crippen LogP contribution in [0.2, 0.25) is 0 Å². The van der Waals surface area contributed by atoms with Gasteiger partial charge in [-0.3, -0.25) is 9.69 Å². The number of nitrogens with two attached hydrogens (primary N) is 1. The van der Waals surface area contributed by atoms with Crippen LogP contribution in [0.3, 0.4) is 0 Å². The fourth-order valence-corrected chi connectivity index (χ4v) is 1.33. The minimum atomic E-state index is -0.853. The van der Waals surface area contributed by atoms with E-state index in [2.05, 4.69) is 20.8 Å². The van der Waals surface area contributed by atoms with E-state index in [1.165, 1.54) is 0 Å². The summed E-state index contributed by atoms with van der Waals surface area (Å²) in [7, 11) is 1.79. The molecule has 0 spiro atoms. The molecule has 0 aliphatic carbocycles. The smallest absolute Gasteiger partial charge is 0.322 e. The van der Waals surface area contributed by atoms with Crippen LogP contribution >= 0.6 is 0 Å². The van der Waals surface area contributed by atoms with Crippen LogP contribution in [-0.4, -0.2) is 42.2 Å². The number of carbonyl (C=O) groups is 1. The molecule has 0 aromatic heterocycles. The summed E-state index contributed by atoms with van der Waals surface area (Å²) in [4.78, 5) is 12.5. The average molecular weight is 188 g/mol. The van der Waals surface area contributed by atoms with Gasteiger partial charge in [-0.25, -0.2) is 0 Å². The van der Waals surface area contributed by atoms with Crippen LogP contribution < -0.4 is 5.73 Å². The van der Waals surface area contributed by atoms with E-state index in [9.17, 15) is 4.79 Å². The molecule has 0 aliphatic heterocycles. The monoisotopic (exact) mass is 188 g/mol. The second kappa shape index (κ2) is 4.58. The first-order valence-corrected chi connectivity index (χ1v) is 4.41. The number of carboxylic acids is 1. The molecule has 0 bridgehead atoms. The average Bonchev–Trinajstić information content (AvgIpc) is 1.82. The van der Waals surface area contributed by atoms with Gasteiger partial charge in [-0.15, -0.1) is 0 Å². The Morgan fingerprint density at radius 1 is 1.54 bits per heavy atom. The highest BCUT2D eigenvalue weighted by atomic mass is 16.4. The first kappa shape index (κ1) is 12.4. The molecule has 0 amide bonds. The Morgan fingerprint density at radius 3 is 2.23 bits per heavy atom. The van der Waals surface area contributed by atoms with Crippen LogP contribution in [0.5, 0.6) is 0 Å². The van der Waals surface area contributed by atoms with Gasteiger partial charge in [0.25, 0.3) is 0 Å². The van der Waals surface area contributed by atoms with Crippen LogP contribution in [0.4, 0.5) is 0 Å². The van der Waals surface area contributed by atoms with Gasteiger partial charge in [-0.2, -0.15) is 0 Å². The SMILES string of the molecule is CN(CC(C)(C)C)C(CN)C(=O)O. The number of aliphatic carboxylic acids is 1. The van der Waals surface area contributed by atoms with Crippen molar-refractivity contribution in [3.05, 3.63) is 0 Å². The molecule has 0 radical (unpaired) electrons. The highest BCUT2D eigenvalue weighted by Crippen LogP contribution is 2.15. The predicted octanol–water partition coefficient (Wildman–Crippen LogP) is 0.376. The Bertz CT molecular complexity index is 175. The third-order valence-electron chi connectivity index (χ3n) is 1.76. The van der Waals surface area contributed by atoms with Crippen LogP contribution in [0.25, 0.3) is 0 Å². The number of hydrogen-bond acceptors (Lipinski definition) is 3. The van der Waals surface area contributed by atoms with Crippen LogP contribution in [-0.2, 0) is 4.79 Å². The van der Waals surface area contributed by atoms with Gasteiger partial charge in [-0.05, 0) is 12.5 Å². The van der Waals surface area contributed by atoms with E-state index in [1.54, 1.807) is 11.9 Å². The van der Waals surface area contributed by atoms with Crippen molar-refractivity contribution in [2.24, 2.45) is 11.1 Å². The molecule has 0 aromatic carbocycles. The van der Waals surface area contributed by atoms with Gasteiger partial charge in [-0.1, -0.05) is 20.8 Å².